The van der Waals surface area contributed by atoms with E-state index in [1.807, 2.05) is 36.4 Å². The average molecular weight is 477 g/mol. The Bertz CT molecular complexity index is 1370. The first kappa shape index (κ1) is 22.6. The average Bonchev–Trinajstić information content (AvgIpc) is 3.27. The largest absolute Gasteiger partial charge is 0.302 e. The van der Waals surface area contributed by atoms with Crippen LogP contribution in [0.15, 0.2) is 95.9 Å². The van der Waals surface area contributed by atoms with Gasteiger partial charge in [-0.1, -0.05) is 90.2 Å². The number of carbonyl (C=O) groups excluding carboxylic acids is 2. The van der Waals surface area contributed by atoms with Crippen LogP contribution in [0.3, 0.4) is 0 Å². The lowest BCUT2D eigenvalue weighted by Gasteiger charge is -2.04. The van der Waals surface area contributed by atoms with Gasteiger partial charge in [-0.2, -0.15) is 0 Å². The normalized spacial score (nSPS) is 11.2. The fourth-order valence-corrected chi connectivity index (χ4v) is 5.42. The molecular weight excluding hydrogens is 456 g/mol. The Labute approximate surface area is 195 Å². The summed E-state index contributed by atoms with van der Waals surface area (Å²) in [5.74, 6) is -1.00. The van der Waals surface area contributed by atoms with E-state index in [2.05, 4.69) is 10.3 Å². The van der Waals surface area contributed by atoms with Crippen molar-refractivity contribution < 1.29 is 18.0 Å². The van der Waals surface area contributed by atoms with Crippen LogP contribution < -0.4 is 5.32 Å². The third-order valence-corrected chi connectivity index (χ3v) is 7.56. The van der Waals surface area contributed by atoms with Crippen molar-refractivity contribution in [2.45, 2.75) is 11.3 Å². The highest BCUT2D eigenvalue weighted by Crippen LogP contribution is 2.33. The third-order valence-electron chi connectivity index (χ3n) is 4.86. The van der Waals surface area contributed by atoms with E-state index in [4.69, 9.17) is 0 Å². The van der Waals surface area contributed by atoms with Gasteiger partial charge < -0.3 is 5.32 Å². The van der Waals surface area contributed by atoms with Gasteiger partial charge in [-0.15, -0.1) is 0 Å². The highest BCUT2D eigenvalue weighted by molar-refractivity contribution is 7.91. The van der Waals surface area contributed by atoms with Crippen LogP contribution in [0.2, 0.25) is 0 Å². The first-order chi connectivity index (χ1) is 15.9. The monoisotopic (exact) mass is 476 g/mol. The van der Waals surface area contributed by atoms with E-state index in [9.17, 15) is 18.0 Å². The minimum atomic E-state index is -3.57. The number of nitrogens with zero attached hydrogens (tertiary/aromatic N) is 1. The zero-order valence-corrected chi connectivity index (χ0v) is 19.1. The Morgan fingerprint density at radius 3 is 2.03 bits per heavy atom. The smallest absolute Gasteiger partial charge is 0.227 e. The maximum atomic E-state index is 13.1. The molecule has 0 atom stereocenters. The lowest BCUT2D eigenvalue weighted by molar-refractivity contribution is -0.115. The number of sulfone groups is 1. The number of nitrogens with one attached hydrogen (secondary N) is 1. The number of hydrogen-bond donors (Lipinski definition) is 1. The number of ketones is 1. The summed E-state index contributed by atoms with van der Waals surface area (Å²) in [5, 5.41) is 2.90. The Hall–Kier alpha value is -3.62. The van der Waals surface area contributed by atoms with Crippen molar-refractivity contribution in [3.8, 4) is 11.3 Å². The predicted molar refractivity (Wildman–Crippen MR) is 129 cm³/mol. The Kier molecular flexibility index (Phi) is 6.76. The zero-order chi connectivity index (χ0) is 23.3. The second-order valence-corrected chi connectivity index (χ2v) is 10.3. The van der Waals surface area contributed by atoms with Crippen LogP contribution >= 0.6 is 11.3 Å². The standard InChI is InChI=1S/C25H20N2O4S2/c28-21(16-17-33(30,31)20-14-8-3-9-15-20)26-25-27-22(18-10-4-1-5-11-18)24(32-25)23(29)19-12-6-2-7-13-19/h1-15H,16-17H2,(H,26,27,28). The maximum Gasteiger partial charge on any atom is 0.227 e. The van der Waals surface area contributed by atoms with Crippen molar-refractivity contribution in [1.29, 1.82) is 0 Å². The van der Waals surface area contributed by atoms with Crippen molar-refractivity contribution in [2.24, 2.45) is 0 Å². The third kappa shape index (κ3) is 5.42. The van der Waals surface area contributed by atoms with Gasteiger partial charge in [0.15, 0.2) is 15.0 Å². The van der Waals surface area contributed by atoms with Crippen LogP contribution in [0.5, 0.6) is 0 Å². The predicted octanol–water partition coefficient (Wildman–Crippen LogP) is 4.84. The number of rotatable bonds is 8. The molecule has 33 heavy (non-hydrogen) atoms. The van der Waals surface area contributed by atoms with Gasteiger partial charge >= 0.3 is 0 Å². The SMILES string of the molecule is O=C(CCS(=O)(=O)c1ccccc1)Nc1nc(-c2ccccc2)c(C(=O)c2ccccc2)s1. The van der Waals surface area contributed by atoms with Gasteiger partial charge in [0.2, 0.25) is 11.7 Å². The molecule has 0 fully saturated rings. The Morgan fingerprint density at radius 2 is 1.39 bits per heavy atom. The summed E-state index contributed by atoms with van der Waals surface area (Å²) >= 11 is 1.07. The van der Waals surface area contributed by atoms with Crippen molar-refractivity contribution in [1.82, 2.24) is 4.98 Å². The fraction of sp³-hybridized carbons (Fsp3) is 0.0800. The number of carbonyl (C=O) groups is 2. The van der Waals surface area contributed by atoms with E-state index in [1.54, 1.807) is 42.5 Å². The molecule has 1 heterocycles. The first-order valence-electron chi connectivity index (χ1n) is 10.2. The molecule has 0 unspecified atom stereocenters. The molecule has 4 rings (SSSR count). The summed E-state index contributed by atoms with van der Waals surface area (Å²) in [7, 11) is -3.57. The number of benzene rings is 3. The minimum absolute atomic E-state index is 0.175. The summed E-state index contributed by atoms with van der Waals surface area (Å²) in [4.78, 5) is 30.7. The van der Waals surface area contributed by atoms with Crippen molar-refractivity contribution in [3.05, 3.63) is 101 Å². The van der Waals surface area contributed by atoms with Gasteiger partial charge in [0, 0.05) is 17.5 Å². The Morgan fingerprint density at radius 1 is 0.818 bits per heavy atom. The summed E-state index contributed by atoms with van der Waals surface area (Å²) < 4.78 is 24.9. The molecule has 8 heteroatoms. The number of hydrogen-bond acceptors (Lipinski definition) is 6. The second-order valence-electron chi connectivity index (χ2n) is 7.19. The van der Waals surface area contributed by atoms with Gasteiger partial charge in [-0.25, -0.2) is 13.4 Å². The van der Waals surface area contributed by atoms with Gasteiger partial charge in [-0.3, -0.25) is 9.59 Å². The first-order valence-corrected chi connectivity index (χ1v) is 12.6. The Balaban J connectivity index is 1.55. The van der Waals surface area contributed by atoms with Crippen LogP contribution in [0.1, 0.15) is 21.7 Å². The summed E-state index contributed by atoms with van der Waals surface area (Å²) in [6.07, 6.45) is -0.223. The highest BCUT2D eigenvalue weighted by Gasteiger charge is 2.22. The summed E-state index contributed by atoms with van der Waals surface area (Å²) in [6, 6.07) is 26.1. The molecule has 1 aromatic heterocycles. The minimum Gasteiger partial charge on any atom is -0.302 e. The van der Waals surface area contributed by atoms with Gasteiger partial charge in [0.25, 0.3) is 0 Å². The lowest BCUT2D eigenvalue weighted by Crippen LogP contribution is -2.17. The molecule has 0 aliphatic carbocycles. The molecule has 0 saturated heterocycles. The van der Waals surface area contributed by atoms with Crippen LogP contribution in [-0.4, -0.2) is 30.8 Å². The quantitative estimate of drug-likeness (QED) is 0.367. The van der Waals surface area contributed by atoms with E-state index >= 15 is 0 Å². The molecule has 0 radical (unpaired) electrons. The van der Waals surface area contributed by atoms with Crippen LogP contribution in [-0.2, 0) is 14.6 Å². The molecule has 0 aliphatic heterocycles. The van der Waals surface area contributed by atoms with Crippen LogP contribution in [0, 0.1) is 0 Å². The molecule has 0 bridgehead atoms. The highest BCUT2D eigenvalue weighted by atomic mass is 32.2. The van der Waals surface area contributed by atoms with Crippen molar-refractivity contribution >= 4 is 38.0 Å². The molecule has 0 aliphatic rings. The number of thiazole rings is 1. The molecule has 0 spiro atoms. The number of anilines is 1. The molecular formula is C25H20N2O4S2. The van der Waals surface area contributed by atoms with Crippen molar-refractivity contribution in [3.63, 3.8) is 0 Å². The summed E-state index contributed by atoms with van der Waals surface area (Å²) in [5.41, 5.74) is 1.74. The van der Waals surface area contributed by atoms with Gasteiger partial charge in [-0.05, 0) is 12.1 Å². The molecule has 166 valence electrons. The molecule has 1 N–H and O–H groups in total. The molecule has 0 saturated carbocycles. The van der Waals surface area contributed by atoms with Crippen LogP contribution in [0.4, 0.5) is 5.13 Å². The van der Waals surface area contributed by atoms with Gasteiger partial charge in [0.1, 0.15) is 4.88 Å². The lowest BCUT2D eigenvalue weighted by atomic mass is 10.1. The molecule has 3 aromatic carbocycles. The van der Waals surface area contributed by atoms with Crippen molar-refractivity contribution in [2.75, 3.05) is 11.1 Å². The van der Waals surface area contributed by atoms with Crippen LogP contribution in [0.25, 0.3) is 11.3 Å². The van der Waals surface area contributed by atoms with E-state index in [0.717, 1.165) is 16.9 Å². The second kappa shape index (κ2) is 9.89. The van der Waals surface area contributed by atoms with E-state index in [-0.39, 0.29) is 28.0 Å². The summed E-state index contributed by atoms with van der Waals surface area (Å²) in [6.45, 7) is 0. The number of aromatic nitrogens is 1. The van der Waals surface area contributed by atoms with E-state index < -0.39 is 15.7 Å². The topological polar surface area (TPSA) is 93.2 Å². The molecule has 6 nitrogen and oxygen atoms in total. The number of amides is 1. The zero-order valence-electron chi connectivity index (χ0n) is 17.5. The maximum absolute atomic E-state index is 13.1. The fourth-order valence-electron chi connectivity index (χ4n) is 3.19. The molecule has 4 aromatic rings. The van der Waals surface area contributed by atoms with Gasteiger partial charge in [0.05, 0.1) is 16.3 Å². The molecule has 1 amide bonds. The van der Waals surface area contributed by atoms with E-state index in [0.29, 0.717) is 16.1 Å². The van der Waals surface area contributed by atoms with E-state index in [1.165, 1.54) is 12.1 Å².